The van der Waals surface area contributed by atoms with Crippen molar-refractivity contribution in [1.29, 1.82) is 0 Å². The van der Waals surface area contributed by atoms with Crippen molar-refractivity contribution >= 4 is 35.0 Å². The average molecular weight is 442 g/mol. The number of amides is 1. The fourth-order valence-electron chi connectivity index (χ4n) is 3.12. The van der Waals surface area contributed by atoms with Crippen LogP contribution in [0.2, 0.25) is 0 Å². The molecule has 2 aliphatic rings. The molecule has 0 bridgehead atoms. The number of anilines is 4. The molecule has 0 unspecified atom stereocenters. The minimum absolute atomic E-state index is 0.122. The molecule has 11 heteroatoms. The van der Waals surface area contributed by atoms with Gasteiger partial charge in [0, 0.05) is 24.5 Å². The smallest absolute Gasteiger partial charge is 0.332 e. The Labute approximate surface area is 185 Å². The molecular weight excluding hydrogens is 416 g/mol. The third-order valence-corrected chi connectivity index (χ3v) is 4.90. The highest BCUT2D eigenvalue weighted by molar-refractivity contribution is 5.97. The molecule has 0 spiro atoms. The predicted molar refractivity (Wildman–Crippen MR) is 117 cm³/mol. The standard InChI is InChI=1S/C21H26N6O5/c1-2-30-18(28)11-31-14-8-23-16-7-13(5-6-17(16)32-10-14)26-21-24-9-15(19(22)29)20(27-21)25-12-3-4-12/h5-7,9,12,14,23H,2-4,8,10-11H2,1H3,(H2,22,29)(H2,24,25,26,27)/t14-/m0/s1. The van der Waals surface area contributed by atoms with E-state index in [4.69, 9.17) is 19.9 Å². The van der Waals surface area contributed by atoms with Crippen LogP contribution in [-0.2, 0) is 14.3 Å². The highest BCUT2D eigenvalue weighted by Crippen LogP contribution is 2.31. The summed E-state index contributed by atoms with van der Waals surface area (Å²) in [4.78, 5) is 31.8. The van der Waals surface area contributed by atoms with E-state index in [9.17, 15) is 9.59 Å². The van der Waals surface area contributed by atoms with Crippen molar-refractivity contribution in [3.8, 4) is 5.75 Å². The number of nitrogens with two attached hydrogens (primary N) is 1. The third-order valence-electron chi connectivity index (χ3n) is 4.90. The highest BCUT2D eigenvalue weighted by Gasteiger charge is 2.24. The second-order valence-corrected chi connectivity index (χ2v) is 7.50. The Bertz CT molecular complexity index is 997. The predicted octanol–water partition coefficient (Wildman–Crippen LogP) is 1.65. The molecule has 11 nitrogen and oxygen atoms in total. The number of nitrogens with one attached hydrogen (secondary N) is 3. The van der Waals surface area contributed by atoms with E-state index < -0.39 is 11.9 Å². The number of ether oxygens (including phenoxy) is 3. The molecule has 1 aliphatic heterocycles. The van der Waals surface area contributed by atoms with Crippen molar-refractivity contribution in [3.05, 3.63) is 30.0 Å². The Kier molecular flexibility index (Phi) is 6.55. The minimum Gasteiger partial charge on any atom is -0.489 e. The molecule has 2 heterocycles. The second-order valence-electron chi connectivity index (χ2n) is 7.50. The van der Waals surface area contributed by atoms with E-state index >= 15 is 0 Å². The molecule has 1 atom stereocenters. The number of hydrogen-bond acceptors (Lipinski definition) is 10. The molecule has 1 amide bonds. The molecule has 0 saturated heterocycles. The largest absolute Gasteiger partial charge is 0.489 e. The Morgan fingerprint density at radius 3 is 2.94 bits per heavy atom. The van der Waals surface area contributed by atoms with E-state index in [1.54, 1.807) is 6.92 Å². The van der Waals surface area contributed by atoms with Crippen LogP contribution in [0.5, 0.6) is 5.75 Å². The van der Waals surface area contributed by atoms with Crippen LogP contribution >= 0.6 is 0 Å². The summed E-state index contributed by atoms with van der Waals surface area (Å²) in [7, 11) is 0. The molecule has 32 heavy (non-hydrogen) atoms. The first kappa shape index (κ1) is 21.6. The number of esters is 1. The average Bonchev–Trinajstić information content (AvgIpc) is 3.60. The van der Waals surface area contributed by atoms with Crippen LogP contribution < -0.4 is 26.4 Å². The molecule has 2 aromatic rings. The van der Waals surface area contributed by atoms with Crippen molar-refractivity contribution in [2.45, 2.75) is 31.9 Å². The Balaban J connectivity index is 1.41. The first-order chi connectivity index (χ1) is 15.5. The summed E-state index contributed by atoms with van der Waals surface area (Å²) in [6, 6.07) is 5.82. The van der Waals surface area contributed by atoms with Gasteiger partial charge in [-0.15, -0.1) is 0 Å². The van der Waals surface area contributed by atoms with Crippen molar-refractivity contribution in [3.63, 3.8) is 0 Å². The van der Waals surface area contributed by atoms with E-state index in [0.29, 0.717) is 43.3 Å². The van der Waals surface area contributed by atoms with E-state index in [1.807, 2.05) is 18.2 Å². The maximum atomic E-state index is 11.7. The molecule has 1 aliphatic carbocycles. The summed E-state index contributed by atoms with van der Waals surface area (Å²) in [5.41, 5.74) is 7.19. The number of carbonyl (C=O) groups excluding carboxylic acids is 2. The van der Waals surface area contributed by atoms with Gasteiger partial charge in [-0.25, -0.2) is 9.78 Å². The lowest BCUT2D eigenvalue weighted by atomic mass is 10.2. The zero-order valence-corrected chi connectivity index (χ0v) is 17.7. The quantitative estimate of drug-likeness (QED) is 0.422. The minimum atomic E-state index is -0.578. The van der Waals surface area contributed by atoms with Crippen LogP contribution in [0.4, 0.5) is 23.1 Å². The fraction of sp³-hybridized carbons (Fsp3) is 0.429. The molecule has 4 rings (SSSR count). The normalized spacial score (nSPS) is 17.2. The summed E-state index contributed by atoms with van der Waals surface area (Å²) >= 11 is 0. The first-order valence-corrected chi connectivity index (χ1v) is 10.5. The molecule has 1 aromatic carbocycles. The lowest BCUT2D eigenvalue weighted by molar-refractivity contribution is -0.150. The van der Waals surface area contributed by atoms with Gasteiger partial charge >= 0.3 is 5.97 Å². The first-order valence-electron chi connectivity index (χ1n) is 10.5. The van der Waals surface area contributed by atoms with Gasteiger partial charge in [-0.3, -0.25) is 4.79 Å². The number of carbonyl (C=O) groups is 2. The number of nitrogens with zero attached hydrogens (tertiary/aromatic N) is 2. The van der Waals surface area contributed by atoms with Gasteiger partial charge in [-0.05, 0) is 38.0 Å². The van der Waals surface area contributed by atoms with E-state index in [-0.39, 0.29) is 18.3 Å². The number of primary amides is 1. The third kappa shape index (κ3) is 5.55. The van der Waals surface area contributed by atoms with E-state index in [0.717, 1.165) is 24.2 Å². The molecule has 5 N–H and O–H groups in total. The highest BCUT2D eigenvalue weighted by atomic mass is 16.6. The SMILES string of the molecule is CCOC(=O)CO[C@H]1CNc2cc(Nc3ncc(C(N)=O)c(NC4CC4)n3)ccc2OC1. The number of benzene rings is 1. The van der Waals surface area contributed by atoms with Gasteiger partial charge in [0.15, 0.2) is 0 Å². The lowest BCUT2D eigenvalue weighted by Gasteiger charge is -2.14. The molecule has 1 aromatic heterocycles. The number of aromatic nitrogens is 2. The van der Waals surface area contributed by atoms with Crippen LogP contribution in [0, 0.1) is 0 Å². The Hall–Kier alpha value is -3.60. The van der Waals surface area contributed by atoms with Crippen LogP contribution in [0.3, 0.4) is 0 Å². The molecule has 1 saturated carbocycles. The monoisotopic (exact) mass is 442 g/mol. The van der Waals surface area contributed by atoms with Crippen LogP contribution in [0.1, 0.15) is 30.1 Å². The number of hydrogen-bond donors (Lipinski definition) is 4. The van der Waals surface area contributed by atoms with Crippen molar-refractivity contribution < 1.29 is 23.8 Å². The van der Waals surface area contributed by atoms with Crippen molar-refractivity contribution in [2.24, 2.45) is 5.73 Å². The zero-order valence-electron chi connectivity index (χ0n) is 17.7. The van der Waals surface area contributed by atoms with Gasteiger partial charge in [0.25, 0.3) is 5.91 Å². The zero-order chi connectivity index (χ0) is 22.5. The second kappa shape index (κ2) is 9.69. The topological polar surface area (TPSA) is 150 Å². The Morgan fingerprint density at radius 2 is 2.19 bits per heavy atom. The molecular formula is C21H26N6O5. The van der Waals surface area contributed by atoms with Gasteiger partial charge < -0.3 is 35.9 Å². The maximum Gasteiger partial charge on any atom is 0.332 e. The number of fused-ring (bicyclic) bond motifs is 1. The lowest BCUT2D eigenvalue weighted by Crippen LogP contribution is -2.30. The summed E-state index contributed by atoms with van der Waals surface area (Å²) in [6.45, 7) is 2.71. The van der Waals surface area contributed by atoms with E-state index in [2.05, 4.69) is 25.9 Å². The van der Waals surface area contributed by atoms with Crippen LogP contribution in [0.15, 0.2) is 24.4 Å². The summed E-state index contributed by atoms with van der Waals surface area (Å²) in [5, 5.41) is 9.62. The van der Waals surface area contributed by atoms with Gasteiger partial charge in [0.05, 0.1) is 17.9 Å². The van der Waals surface area contributed by atoms with Gasteiger partial charge in [0.2, 0.25) is 5.95 Å². The summed E-state index contributed by atoms with van der Waals surface area (Å²) < 4.78 is 16.3. The molecule has 0 radical (unpaired) electrons. The van der Waals surface area contributed by atoms with Crippen molar-refractivity contribution in [2.75, 3.05) is 42.3 Å². The molecule has 170 valence electrons. The van der Waals surface area contributed by atoms with Gasteiger partial charge in [0.1, 0.15) is 30.9 Å². The fourth-order valence-corrected chi connectivity index (χ4v) is 3.12. The Morgan fingerprint density at radius 1 is 1.34 bits per heavy atom. The molecule has 1 fully saturated rings. The number of rotatable bonds is 9. The summed E-state index contributed by atoms with van der Waals surface area (Å²) in [6.07, 6.45) is 3.18. The maximum absolute atomic E-state index is 11.7. The van der Waals surface area contributed by atoms with Crippen molar-refractivity contribution in [1.82, 2.24) is 9.97 Å². The van der Waals surface area contributed by atoms with Crippen LogP contribution in [0.25, 0.3) is 0 Å². The summed E-state index contributed by atoms with van der Waals surface area (Å²) in [5.74, 6) is 0.446. The van der Waals surface area contributed by atoms with Crippen LogP contribution in [-0.4, -0.2) is 60.4 Å². The van der Waals surface area contributed by atoms with Gasteiger partial charge in [-0.1, -0.05) is 0 Å². The van der Waals surface area contributed by atoms with Gasteiger partial charge in [-0.2, -0.15) is 4.98 Å². The van der Waals surface area contributed by atoms with E-state index in [1.165, 1.54) is 6.20 Å².